The molecular formula is C12H26O3. The Balaban J connectivity index is -0.0000000542. The average Bonchev–Trinajstić information content (AvgIpc) is 1.81. The Labute approximate surface area is 94.3 Å². The quantitative estimate of drug-likeness (QED) is 0.627. The van der Waals surface area contributed by atoms with E-state index in [1.54, 1.807) is 0 Å². The van der Waals surface area contributed by atoms with Gasteiger partial charge >= 0.3 is 0 Å². The van der Waals surface area contributed by atoms with Gasteiger partial charge in [0.15, 0.2) is 0 Å². The van der Waals surface area contributed by atoms with Crippen LogP contribution in [0.5, 0.6) is 0 Å². The van der Waals surface area contributed by atoms with E-state index >= 15 is 0 Å². The van der Waals surface area contributed by atoms with Crippen molar-refractivity contribution in [3.8, 4) is 0 Å². The highest BCUT2D eigenvalue weighted by Crippen LogP contribution is 1.56. The van der Waals surface area contributed by atoms with Crippen LogP contribution < -0.4 is 0 Å². The minimum absolute atomic E-state index is 0.167. The molecular weight excluding hydrogens is 192 g/mol. The van der Waals surface area contributed by atoms with Crippen molar-refractivity contribution in [1.29, 1.82) is 0 Å². The molecule has 0 unspecified atom stereocenters. The summed E-state index contributed by atoms with van der Waals surface area (Å²) >= 11 is 0. The molecule has 3 heteroatoms. The van der Waals surface area contributed by atoms with Crippen molar-refractivity contribution >= 4 is 17.3 Å². The van der Waals surface area contributed by atoms with Crippen molar-refractivity contribution < 1.29 is 14.4 Å². The highest BCUT2D eigenvalue weighted by Gasteiger charge is 1.63. The molecule has 0 spiro atoms. The summed E-state index contributed by atoms with van der Waals surface area (Å²) in [6, 6.07) is 0. The lowest BCUT2D eigenvalue weighted by Crippen LogP contribution is -1.69. The molecule has 92 valence electrons. The molecule has 0 aromatic carbocycles. The van der Waals surface area contributed by atoms with Crippen LogP contribution in [0.4, 0.5) is 0 Å². The Bertz CT molecular complexity index is 120. The van der Waals surface area contributed by atoms with Crippen LogP contribution in [-0.2, 0) is 14.4 Å². The van der Waals surface area contributed by atoms with Crippen molar-refractivity contribution in [2.45, 2.75) is 61.8 Å². The summed E-state index contributed by atoms with van der Waals surface area (Å²) in [4.78, 5) is 28.3. The van der Waals surface area contributed by atoms with Gasteiger partial charge in [0.25, 0.3) is 0 Å². The summed E-state index contributed by atoms with van der Waals surface area (Å²) in [5.41, 5.74) is 0. The lowest BCUT2D eigenvalue weighted by atomic mass is 10.6. The normalized spacial score (nSPS) is 6.40. The van der Waals surface area contributed by atoms with Crippen LogP contribution in [0.15, 0.2) is 0 Å². The van der Waals surface area contributed by atoms with E-state index in [1.807, 2.05) is 0 Å². The lowest BCUT2D eigenvalue weighted by molar-refractivity contribution is -0.115. The van der Waals surface area contributed by atoms with Crippen LogP contribution in [0.2, 0.25) is 0 Å². The first-order chi connectivity index (χ1) is 6.61. The largest absolute Gasteiger partial charge is 0.300 e. The molecule has 0 bridgehead atoms. The van der Waals surface area contributed by atoms with E-state index in [0.29, 0.717) is 0 Å². The van der Waals surface area contributed by atoms with E-state index in [-0.39, 0.29) is 17.3 Å². The molecule has 0 N–H and O–H groups in total. The molecule has 0 rings (SSSR count). The van der Waals surface area contributed by atoms with Crippen LogP contribution >= 0.6 is 0 Å². The van der Waals surface area contributed by atoms with Gasteiger partial charge in [-0.1, -0.05) is 20.3 Å². The summed E-state index contributed by atoms with van der Waals surface area (Å²) in [6.07, 6.45) is 1.25. The van der Waals surface area contributed by atoms with Gasteiger partial charge in [-0.15, -0.1) is 0 Å². The van der Waals surface area contributed by atoms with Gasteiger partial charge in [-0.3, -0.25) is 0 Å². The molecule has 0 heterocycles. The maximum absolute atomic E-state index is 9.44. The number of hydrogen-bond donors (Lipinski definition) is 0. The fourth-order valence-electron chi connectivity index (χ4n) is 0. The zero-order valence-electron chi connectivity index (χ0n) is 11.4. The molecule has 0 radical (unpaired) electrons. The van der Waals surface area contributed by atoms with Gasteiger partial charge in [0.2, 0.25) is 0 Å². The molecule has 3 nitrogen and oxygen atoms in total. The van der Waals surface area contributed by atoms with Crippen molar-refractivity contribution in [2.75, 3.05) is 0 Å². The van der Waals surface area contributed by atoms with Crippen molar-refractivity contribution in [1.82, 2.24) is 0 Å². The van der Waals surface area contributed by atoms with Gasteiger partial charge in [-0.25, -0.2) is 0 Å². The predicted octanol–water partition coefficient (Wildman–Crippen LogP) is 3.20. The molecule has 0 aliphatic rings. The highest BCUT2D eigenvalue weighted by atomic mass is 16.1. The number of carbonyl (C=O) groups excluding carboxylic acids is 3. The minimum atomic E-state index is 0.167. The zero-order chi connectivity index (χ0) is 13.4. The third-order valence-electron chi connectivity index (χ3n) is 0. The predicted molar refractivity (Wildman–Crippen MR) is 65.0 cm³/mol. The smallest absolute Gasteiger partial charge is 0.126 e. The van der Waals surface area contributed by atoms with E-state index in [1.165, 1.54) is 48.0 Å². The number of Topliss-reactive ketones (excluding diaryl/α,β-unsaturated/α-hetero) is 3. The van der Waals surface area contributed by atoms with Crippen molar-refractivity contribution in [2.24, 2.45) is 0 Å². The van der Waals surface area contributed by atoms with Gasteiger partial charge in [0.05, 0.1) is 0 Å². The second-order valence-corrected chi connectivity index (χ2v) is 3.43. The highest BCUT2D eigenvalue weighted by molar-refractivity contribution is 5.72. The maximum Gasteiger partial charge on any atom is 0.126 e. The molecule has 0 aromatic rings. The van der Waals surface area contributed by atoms with E-state index < -0.39 is 0 Å². The van der Waals surface area contributed by atoms with Crippen LogP contribution in [0.25, 0.3) is 0 Å². The van der Waals surface area contributed by atoms with Gasteiger partial charge in [0, 0.05) is 0 Å². The van der Waals surface area contributed by atoms with Crippen LogP contribution in [0.1, 0.15) is 61.8 Å². The fourth-order valence-corrected chi connectivity index (χ4v) is 0. The first-order valence-electron chi connectivity index (χ1n) is 5.03. The molecule has 0 aromatic heterocycles. The lowest BCUT2D eigenvalue weighted by Gasteiger charge is -1.56. The van der Waals surface area contributed by atoms with Crippen LogP contribution in [-0.4, -0.2) is 17.3 Å². The molecule has 0 fully saturated rings. The first-order valence-corrected chi connectivity index (χ1v) is 5.03. The number of carbonyl (C=O) groups is 3. The van der Waals surface area contributed by atoms with E-state index in [9.17, 15) is 14.4 Å². The Kier molecular flexibility index (Phi) is 36.5. The average molecular weight is 218 g/mol. The van der Waals surface area contributed by atoms with E-state index in [2.05, 4.69) is 13.8 Å². The molecule has 0 aliphatic heterocycles. The Hall–Kier alpha value is -0.990. The SMILES string of the molecule is CC(C)=O.CC(C)=O.CC(C)=O.CCC. The summed E-state index contributed by atoms with van der Waals surface area (Å²) in [6.45, 7) is 13.4. The van der Waals surface area contributed by atoms with E-state index in [0.717, 1.165) is 0 Å². The zero-order valence-corrected chi connectivity index (χ0v) is 11.4. The Morgan fingerprint density at radius 3 is 0.600 bits per heavy atom. The summed E-state index contributed by atoms with van der Waals surface area (Å²) in [5, 5.41) is 0. The number of hydrogen-bond acceptors (Lipinski definition) is 3. The fraction of sp³-hybridized carbons (Fsp3) is 0.750. The van der Waals surface area contributed by atoms with Gasteiger partial charge in [-0.05, 0) is 41.5 Å². The standard InChI is InChI=1S/3C3H6O.C3H8/c3*1-3(2)4;1-3-2/h3*1-2H3;3H2,1-2H3. The van der Waals surface area contributed by atoms with E-state index in [4.69, 9.17) is 0 Å². The third-order valence-corrected chi connectivity index (χ3v) is 0. The second kappa shape index (κ2) is 23.1. The number of rotatable bonds is 0. The molecule has 0 aliphatic carbocycles. The monoisotopic (exact) mass is 218 g/mol. The molecule has 0 amide bonds. The molecule has 0 atom stereocenters. The van der Waals surface area contributed by atoms with Crippen molar-refractivity contribution in [3.63, 3.8) is 0 Å². The summed E-state index contributed by atoms with van der Waals surface area (Å²) < 4.78 is 0. The summed E-state index contributed by atoms with van der Waals surface area (Å²) in [5.74, 6) is 0.500. The van der Waals surface area contributed by atoms with Crippen LogP contribution in [0.3, 0.4) is 0 Å². The van der Waals surface area contributed by atoms with Gasteiger partial charge in [0.1, 0.15) is 17.3 Å². The van der Waals surface area contributed by atoms with Gasteiger partial charge in [-0.2, -0.15) is 0 Å². The topological polar surface area (TPSA) is 51.2 Å². The Morgan fingerprint density at radius 1 is 0.600 bits per heavy atom. The molecule has 0 saturated carbocycles. The van der Waals surface area contributed by atoms with Gasteiger partial charge < -0.3 is 14.4 Å². The Morgan fingerprint density at radius 2 is 0.600 bits per heavy atom. The maximum atomic E-state index is 9.44. The second-order valence-electron chi connectivity index (χ2n) is 3.43. The summed E-state index contributed by atoms with van der Waals surface area (Å²) in [7, 11) is 0. The van der Waals surface area contributed by atoms with Crippen LogP contribution in [0, 0.1) is 0 Å². The third kappa shape index (κ3) is 1610. The number of ketones is 3. The molecule has 0 saturated heterocycles. The first kappa shape index (κ1) is 23.7. The minimum Gasteiger partial charge on any atom is -0.300 e. The molecule has 15 heavy (non-hydrogen) atoms. The van der Waals surface area contributed by atoms with Crippen molar-refractivity contribution in [3.05, 3.63) is 0 Å².